The Bertz CT molecular complexity index is 542. The Balaban J connectivity index is 1.37. The maximum absolute atomic E-state index is 12.7. The van der Waals surface area contributed by atoms with Gasteiger partial charge in [0.15, 0.2) is 0 Å². The van der Waals surface area contributed by atoms with Crippen molar-refractivity contribution in [3.63, 3.8) is 0 Å². The fraction of sp³-hybridized carbons (Fsp3) is 0.684. The molecule has 3 heterocycles. The minimum atomic E-state index is 0.00805. The highest BCUT2D eigenvalue weighted by atomic mass is 16.3. The van der Waals surface area contributed by atoms with Gasteiger partial charge in [0.1, 0.15) is 5.76 Å². The summed E-state index contributed by atoms with van der Waals surface area (Å²) in [7, 11) is 0. The summed E-state index contributed by atoms with van der Waals surface area (Å²) in [6, 6.07) is 3.66. The van der Waals surface area contributed by atoms with Gasteiger partial charge in [-0.05, 0) is 50.9 Å². The lowest BCUT2D eigenvalue weighted by Crippen LogP contribution is -2.45. The first-order chi connectivity index (χ1) is 12.2. The lowest BCUT2D eigenvalue weighted by atomic mass is 9.95. The Labute approximate surface area is 149 Å². The second kappa shape index (κ2) is 9.04. The van der Waals surface area contributed by atoms with Crippen LogP contribution in [0.3, 0.4) is 0 Å². The molecule has 2 saturated heterocycles. The Kier molecular flexibility index (Phi) is 6.50. The van der Waals surface area contributed by atoms with Gasteiger partial charge < -0.3 is 14.6 Å². The minimum absolute atomic E-state index is 0.00805. The van der Waals surface area contributed by atoms with Crippen LogP contribution < -0.4 is 5.32 Å². The van der Waals surface area contributed by atoms with Crippen molar-refractivity contribution in [3.8, 4) is 0 Å². The number of carbonyl (C=O) groups excluding carboxylic acids is 2. The van der Waals surface area contributed by atoms with Crippen LogP contribution in [-0.4, -0.2) is 54.3 Å². The normalized spacial score (nSPS) is 20.2. The Hall–Kier alpha value is -1.82. The number of furan rings is 1. The van der Waals surface area contributed by atoms with Crippen molar-refractivity contribution in [2.45, 2.75) is 45.1 Å². The van der Waals surface area contributed by atoms with E-state index in [2.05, 4.69) is 15.1 Å². The maximum Gasteiger partial charge on any atom is 0.234 e. The molecule has 0 saturated carbocycles. The van der Waals surface area contributed by atoms with Crippen LogP contribution in [0, 0.1) is 5.92 Å². The third-order valence-electron chi connectivity index (χ3n) is 5.26. The van der Waals surface area contributed by atoms with Crippen LogP contribution in [0.2, 0.25) is 0 Å². The summed E-state index contributed by atoms with van der Waals surface area (Å²) in [5, 5.41) is 2.88. The van der Waals surface area contributed by atoms with Gasteiger partial charge in [-0.2, -0.15) is 0 Å². The predicted octanol–water partition coefficient (Wildman–Crippen LogP) is 2.01. The molecule has 2 fully saturated rings. The lowest BCUT2D eigenvalue weighted by molar-refractivity contribution is -0.137. The average molecular weight is 347 g/mol. The molecular formula is C19H29N3O3. The number of rotatable bonds is 5. The number of piperidine rings is 1. The SMILES string of the molecule is O=C(CN1CCC(C(=O)N2CCCCCC2)CC1)NCc1ccco1. The van der Waals surface area contributed by atoms with Crippen LogP contribution in [-0.2, 0) is 16.1 Å². The first-order valence-corrected chi connectivity index (χ1v) is 9.52. The zero-order valence-corrected chi connectivity index (χ0v) is 14.9. The summed E-state index contributed by atoms with van der Waals surface area (Å²) in [5.74, 6) is 1.24. The molecule has 6 nitrogen and oxygen atoms in total. The number of nitrogens with zero attached hydrogens (tertiary/aromatic N) is 2. The van der Waals surface area contributed by atoms with Crippen LogP contribution in [0.15, 0.2) is 22.8 Å². The number of nitrogens with one attached hydrogen (secondary N) is 1. The largest absolute Gasteiger partial charge is 0.467 e. The van der Waals surface area contributed by atoms with E-state index in [0.29, 0.717) is 19.0 Å². The molecule has 2 aliphatic rings. The molecule has 0 atom stereocenters. The third-order valence-corrected chi connectivity index (χ3v) is 5.26. The van der Waals surface area contributed by atoms with E-state index in [1.54, 1.807) is 6.26 Å². The van der Waals surface area contributed by atoms with Crippen molar-refractivity contribution in [1.29, 1.82) is 0 Å². The number of carbonyl (C=O) groups is 2. The monoisotopic (exact) mass is 347 g/mol. The average Bonchev–Trinajstić information content (AvgIpc) is 3.00. The van der Waals surface area contributed by atoms with Gasteiger partial charge in [0.2, 0.25) is 11.8 Å². The van der Waals surface area contributed by atoms with Gasteiger partial charge in [0.25, 0.3) is 0 Å². The quantitative estimate of drug-likeness (QED) is 0.885. The molecule has 0 aliphatic carbocycles. The topological polar surface area (TPSA) is 65.8 Å². The fourth-order valence-electron chi connectivity index (χ4n) is 3.75. The van der Waals surface area contributed by atoms with Crippen molar-refractivity contribution in [3.05, 3.63) is 24.2 Å². The van der Waals surface area contributed by atoms with Gasteiger partial charge >= 0.3 is 0 Å². The second-order valence-electron chi connectivity index (χ2n) is 7.15. The molecule has 25 heavy (non-hydrogen) atoms. The summed E-state index contributed by atoms with van der Waals surface area (Å²) in [6.45, 7) is 4.31. The lowest BCUT2D eigenvalue weighted by Gasteiger charge is -2.33. The van der Waals surface area contributed by atoms with Crippen molar-refractivity contribution in [2.75, 3.05) is 32.7 Å². The maximum atomic E-state index is 12.7. The summed E-state index contributed by atoms with van der Waals surface area (Å²) >= 11 is 0. The number of hydrogen-bond donors (Lipinski definition) is 1. The minimum Gasteiger partial charge on any atom is -0.467 e. The molecule has 138 valence electrons. The number of hydrogen-bond acceptors (Lipinski definition) is 4. The summed E-state index contributed by atoms with van der Waals surface area (Å²) in [5.41, 5.74) is 0. The molecule has 0 spiro atoms. The van der Waals surface area contributed by atoms with Gasteiger partial charge in [0.05, 0.1) is 19.4 Å². The predicted molar refractivity (Wildman–Crippen MR) is 94.8 cm³/mol. The molecule has 6 heteroatoms. The smallest absolute Gasteiger partial charge is 0.234 e. The molecule has 2 aliphatic heterocycles. The molecule has 0 aromatic carbocycles. The van der Waals surface area contributed by atoms with E-state index < -0.39 is 0 Å². The van der Waals surface area contributed by atoms with E-state index in [1.807, 2.05) is 12.1 Å². The van der Waals surface area contributed by atoms with Gasteiger partial charge in [-0.15, -0.1) is 0 Å². The van der Waals surface area contributed by atoms with E-state index in [9.17, 15) is 9.59 Å². The van der Waals surface area contributed by atoms with Crippen molar-refractivity contribution >= 4 is 11.8 Å². The molecule has 1 aromatic heterocycles. The van der Waals surface area contributed by atoms with Crippen LogP contribution >= 0.6 is 0 Å². The van der Waals surface area contributed by atoms with Crippen LogP contribution in [0.4, 0.5) is 0 Å². The van der Waals surface area contributed by atoms with E-state index in [1.165, 1.54) is 12.8 Å². The molecule has 2 amide bonds. The van der Waals surface area contributed by atoms with Crippen LogP contribution in [0.1, 0.15) is 44.3 Å². The Morgan fingerprint density at radius 2 is 1.80 bits per heavy atom. The Morgan fingerprint density at radius 1 is 1.08 bits per heavy atom. The third kappa shape index (κ3) is 5.33. The van der Waals surface area contributed by atoms with Gasteiger partial charge in [-0.3, -0.25) is 14.5 Å². The first-order valence-electron chi connectivity index (χ1n) is 9.52. The molecule has 0 unspecified atom stereocenters. The molecule has 1 aromatic rings. The number of amides is 2. The van der Waals surface area contributed by atoms with Crippen LogP contribution in [0.5, 0.6) is 0 Å². The zero-order chi connectivity index (χ0) is 17.5. The number of likely N-dealkylation sites (tertiary alicyclic amines) is 2. The summed E-state index contributed by atoms with van der Waals surface area (Å²) < 4.78 is 5.21. The standard InChI is InChI=1S/C19H29N3O3/c23-18(20-14-17-6-5-13-25-17)15-21-11-7-16(8-12-21)19(24)22-9-3-1-2-4-10-22/h5-6,13,16H,1-4,7-12,14-15H2,(H,20,23). The molecular weight excluding hydrogens is 318 g/mol. The highest BCUT2D eigenvalue weighted by Gasteiger charge is 2.29. The molecule has 1 N–H and O–H groups in total. The van der Waals surface area contributed by atoms with Crippen molar-refractivity contribution in [1.82, 2.24) is 15.1 Å². The van der Waals surface area contributed by atoms with E-state index in [0.717, 1.165) is 57.6 Å². The molecule has 0 radical (unpaired) electrons. The summed E-state index contributed by atoms with van der Waals surface area (Å²) in [4.78, 5) is 28.9. The summed E-state index contributed by atoms with van der Waals surface area (Å²) in [6.07, 6.45) is 8.10. The highest BCUT2D eigenvalue weighted by molar-refractivity contribution is 5.79. The van der Waals surface area contributed by atoms with Gasteiger partial charge in [-0.1, -0.05) is 12.8 Å². The van der Waals surface area contributed by atoms with E-state index >= 15 is 0 Å². The van der Waals surface area contributed by atoms with Crippen LogP contribution in [0.25, 0.3) is 0 Å². The van der Waals surface area contributed by atoms with Gasteiger partial charge in [0, 0.05) is 19.0 Å². The van der Waals surface area contributed by atoms with Crippen molar-refractivity contribution < 1.29 is 14.0 Å². The van der Waals surface area contributed by atoms with E-state index in [4.69, 9.17) is 4.42 Å². The molecule has 3 rings (SSSR count). The van der Waals surface area contributed by atoms with Crippen molar-refractivity contribution in [2.24, 2.45) is 5.92 Å². The van der Waals surface area contributed by atoms with Gasteiger partial charge in [-0.25, -0.2) is 0 Å². The first kappa shape index (κ1) is 18.0. The fourth-order valence-corrected chi connectivity index (χ4v) is 3.75. The second-order valence-corrected chi connectivity index (χ2v) is 7.15. The van der Waals surface area contributed by atoms with E-state index in [-0.39, 0.29) is 11.8 Å². The molecule has 0 bridgehead atoms. The zero-order valence-electron chi connectivity index (χ0n) is 14.9. The Morgan fingerprint density at radius 3 is 2.44 bits per heavy atom. The highest BCUT2D eigenvalue weighted by Crippen LogP contribution is 2.21.